The van der Waals surface area contributed by atoms with Gasteiger partial charge in [0.15, 0.2) is 0 Å². The molecular weight excluding hydrogens is 170 g/mol. The molecule has 0 N–H and O–H groups in total. The van der Waals surface area contributed by atoms with Crippen molar-refractivity contribution in [3.8, 4) is 0 Å². The molecule has 0 aromatic rings. The molecule has 1 unspecified atom stereocenters. The van der Waals surface area contributed by atoms with Crippen molar-refractivity contribution in [2.24, 2.45) is 11.8 Å². The molecule has 0 aromatic carbocycles. The summed E-state index contributed by atoms with van der Waals surface area (Å²) < 4.78 is 0. The molecule has 0 saturated carbocycles. The molecule has 14 heavy (non-hydrogen) atoms. The highest BCUT2D eigenvalue weighted by atomic mass is 15.2. The molecule has 1 atom stereocenters. The minimum atomic E-state index is 0.291. The lowest BCUT2D eigenvalue weighted by Gasteiger charge is -2.38. The molecule has 0 aromatic heterocycles. The molecule has 0 spiro atoms. The van der Waals surface area contributed by atoms with E-state index in [1.54, 1.807) is 0 Å². The van der Waals surface area contributed by atoms with Crippen molar-refractivity contribution >= 4 is 0 Å². The summed E-state index contributed by atoms with van der Waals surface area (Å²) in [5, 5.41) is 0. The average Bonchev–Trinajstić information content (AvgIpc) is 2.02. The van der Waals surface area contributed by atoms with Gasteiger partial charge < -0.3 is 4.90 Å². The molecule has 0 aliphatic carbocycles. The molecule has 1 rings (SSSR count). The summed E-state index contributed by atoms with van der Waals surface area (Å²) in [6.45, 7) is 12.7. The Morgan fingerprint density at radius 1 is 1.36 bits per heavy atom. The highest BCUT2D eigenvalue weighted by molar-refractivity contribution is 4.98. The lowest BCUT2D eigenvalue weighted by molar-refractivity contribution is 0.179. The smallest absolute Gasteiger partial charge is 0.0312 e. The standard InChI is InChI=1S/C13H25N/c1-11(2)10-12-6-8-14(9-7-12)13(3,4)5/h6,8,11-12H,7,9-10H2,1-5H3. The number of hydrogen-bond donors (Lipinski definition) is 0. The Bertz CT molecular complexity index is 198. The zero-order chi connectivity index (χ0) is 10.8. The molecular formula is C13H25N. The van der Waals surface area contributed by atoms with Crippen LogP contribution in [0.3, 0.4) is 0 Å². The lowest BCUT2D eigenvalue weighted by atomic mass is 9.91. The van der Waals surface area contributed by atoms with E-state index >= 15 is 0 Å². The van der Waals surface area contributed by atoms with Crippen molar-refractivity contribution in [1.29, 1.82) is 0 Å². The Morgan fingerprint density at radius 2 is 2.00 bits per heavy atom. The first-order valence-electron chi connectivity index (χ1n) is 5.84. The monoisotopic (exact) mass is 195 g/mol. The van der Waals surface area contributed by atoms with E-state index in [-0.39, 0.29) is 0 Å². The van der Waals surface area contributed by atoms with Gasteiger partial charge in [0.1, 0.15) is 0 Å². The second-order valence-electron chi connectivity index (χ2n) is 5.88. The maximum atomic E-state index is 2.45. The summed E-state index contributed by atoms with van der Waals surface area (Å²) in [4.78, 5) is 2.45. The van der Waals surface area contributed by atoms with Gasteiger partial charge in [0.2, 0.25) is 0 Å². The van der Waals surface area contributed by atoms with Gasteiger partial charge in [-0.2, -0.15) is 0 Å². The molecule has 0 bridgehead atoms. The van der Waals surface area contributed by atoms with Crippen molar-refractivity contribution < 1.29 is 0 Å². The van der Waals surface area contributed by atoms with Crippen LogP contribution in [0.15, 0.2) is 12.3 Å². The van der Waals surface area contributed by atoms with E-state index in [9.17, 15) is 0 Å². The minimum Gasteiger partial charge on any atom is -0.373 e. The molecule has 82 valence electrons. The predicted molar refractivity (Wildman–Crippen MR) is 63.2 cm³/mol. The van der Waals surface area contributed by atoms with Crippen LogP contribution in [0.5, 0.6) is 0 Å². The molecule has 1 nitrogen and oxygen atoms in total. The second-order valence-corrected chi connectivity index (χ2v) is 5.88. The van der Waals surface area contributed by atoms with Gasteiger partial charge >= 0.3 is 0 Å². The van der Waals surface area contributed by atoms with E-state index in [0.29, 0.717) is 5.54 Å². The summed E-state index contributed by atoms with van der Waals surface area (Å²) in [5.41, 5.74) is 0.291. The van der Waals surface area contributed by atoms with Crippen LogP contribution in [0.25, 0.3) is 0 Å². The molecule has 0 amide bonds. The van der Waals surface area contributed by atoms with E-state index in [2.05, 4.69) is 51.8 Å². The van der Waals surface area contributed by atoms with E-state index < -0.39 is 0 Å². The molecule has 1 aliphatic heterocycles. The van der Waals surface area contributed by atoms with Gasteiger partial charge in [-0.05, 0) is 51.6 Å². The van der Waals surface area contributed by atoms with E-state index in [1.165, 1.54) is 19.4 Å². The fourth-order valence-electron chi connectivity index (χ4n) is 2.06. The normalized spacial score (nSPS) is 23.3. The topological polar surface area (TPSA) is 3.24 Å². The van der Waals surface area contributed by atoms with Gasteiger partial charge in [-0.3, -0.25) is 0 Å². The largest absolute Gasteiger partial charge is 0.373 e. The van der Waals surface area contributed by atoms with Crippen molar-refractivity contribution in [3.63, 3.8) is 0 Å². The molecule has 0 radical (unpaired) electrons. The van der Waals surface area contributed by atoms with Crippen LogP contribution in [0.2, 0.25) is 0 Å². The summed E-state index contributed by atoms with van der Waals surface area (Å²) in [6.07, 6.45) is 7.37. The third-order valence-corrected chi connectivity index (χ3v) is 2.91. The van der Waals surface area contributed by atoms with Crippen LogP contribution in [0.1, 0.15) is 47.5 Å². The molecule has 1 aliphatic rings. The summed E-state index contributed by atoms with van der Waals surface area (Å²) in [7, 11) is 0. The van der Waals surface area contributed by atoms with Gasteiger partial charge in [-0.15, -0.1) is 0 Å². The SMILES string of the molecule is CC(C)CC1C=CN(C(C)(C)C)CC1. The van der Waals surface area contributed by atoms with Gasteiger partial charge in [-0.25, -0.2) is 0 Å². The Morgan fingerprint density at radius 3 is 2.36 bits per heavy atom. The van der Waals surface area contributed by atoms with Gasteiger partial charge in [0.25, 0.3) is 0 Å². The Hall–Kier alpha value is -0.460. The maximum absolute atomic E-state index is 2.45. The zero-order valence-electron chi connectivity index (χ0n) is 10.4. The van der Waals surface area contributed by atoms with Crippen LogP contribution < -0.4 is 0 Å². The Kier molecular flexibility index (Phi) is 3.63. The van der Waals surface area contributed by atoms with Crippen LogP contribution in [-0.4, -0.2) is 17.0 Å². The first-order chi connectivity index (χ1) is 6.39. The van der Waals surface area contributed by atoms with Crippen molar-refractivity contribution in [2.75, 3.05) is 6.54 Å². The van der Waals surface area contributed by atoms with Gasteiger partial charge in [0.05, 0.1) is 0 Å². The summed E-state index contributed by atoms with van der Waals surface area (Å²) >= 11 is 0. The molecule has 1 heteroatoms. The number of allylic oxidation sites excluding steroid dienone is 1. The Labute approximate surface area is 89.2 Å². The van der Waals surface area contributed by atoms with Gasteiger partial charge in [0, 0.05) is 12.1 Å². The van der Waals surface area contributed by atoms with Crippen LogP contribution in [0.4, 0.5) is 0 Å². The first kappa shape index (κ1) is 11.6. The van der Waals surface area contributed by atoms with Gasteiger partial charge in [-0.1, -0.05) is 19.9 Å². The van der Waals surface area contributed by atoms with Crippen LogP contribution >= 0.6 is 0 Å². The van der Waals surface area contributed by atoms with E-state index in [4.69, 9.17) is 0 Å². The summed E-state index contributed by atoms with van der Waals surface area (Å²) in [5.74, 6) is 1.64. The molecule has 0 fully saturated rings. The number of hydrogen-bond acceptors (Lipinski definition) is 1. The van der Waals surface area contributed by atoms with Crippen molar-refractivity contribution in [2.45, 2.75) is 53.0 Å². The van der Waals surface area contributed by atoms with Crippen molar-refractivity contribution in [3.05, 3.63) is 12.3 Å². The van der Waals surface area contributed by atoms with E-state index in [0.717, 1.165) is 11.8 Å². The second kappa shape index (κ2) is 4.37. The zero-order valence-corrected chi connectivity index (χ0v) is 10.4. The first-order valence-corrected chi connectivity index (χ1v) is 5.84. The molecule has 0 saturated heterocycles. The number of rotatable bonds is 2. The fraction of sp³-hybridized carbons (Fsp3) is 0.846. The maximum Gasteiger partial charge on any atom is 0.0312 e. The highest BCUT2D eigenvalue weighted by Gasteiger charge is 2.22. The van der Waals surface area contributed by atoms with Crippen molar-refractivity contribution in [1.82, 2.24) is 4.90 Å². The number of nitrogens with zero attached hydrogens (tertiary/aromatic N) is 1. The molecule has 1 heterocycles. The van der Waals surface area contributed by atoms with Crippen LogP contribution in [-0.2, 0) is 0 Å². The quantitative estimate of drug-likeness (QED) is 0.650. The lowest BCUT2D eigenvalue weighted by Crippen LogP contribution is -2.40. The third kappa shape index (κ3) is 3.36. The Balaban J connectivity index is 2.47. The minimum absolute atomic E-state index is 0.291. The summed E-state index contributed by atoms with van der Waals surface area (Å²) in [6, 6.07) is 0. The fourth-order valence-corrected chi connectivity index (χ4v) is 2.06. The predicted octanol–water partition coefficient (Wildman–Crippen LogP) is 3.67. The average molecular weight is 195 g/mol. The van der Waals surface area contributed by atoms with Crippen LogP contribution in [0, 0.1) is 11.8 Å². The third-order valence-electron chi connectivity index (χ3n) is 2.91. The highest BCUT2D eigenvalue weighted by Crippen LogP contribution is 2.25. The van der Waals surface area contributed by atoms with E-state index in [1.807, 2.05) is 0 Å².